The lowest BCUT2D eigenvalue weighted by Gasteiger charge is -2.01. The highest BCUT2D eigenvalue weighted by atomic mass is 32.2. The first-order chi connectivity index (χ1) is 9.10. The predicted octanol–water partition coefficient (Wildman–Crippen LogP) is 3.50. The van der Waals surface area contributed by atoms with Crippen LogP contribution >= 0.6 is 11.8 Å². The molecule has 98 valence electrons. The summed E-state index contributed by atoms with van der Waals surface area (Å²) in [5.41, 5.74) is 0.307. The lowest BCUT2D eigenvalue weighted by atomic mass is 10.2. The monoisotopic (exact) mass is 277 g/mol. The minimum atomic E-state index is -0.410. The third-order valence-corrected chi connectivity index (χ3v) is 3.42. The number of nitrogens with zero attached hydrogens (tertiary/aromatic N) is 3. The van der Waals surface area contributed by atoms with Gasteiger partial charge in [-0.1, -0.05) is 13.8 Å². The quantitative estimate of drug-likeness (QED) is 0.800. The maximum atomic E-state index is 13.6. The molecule has 1 aromatic carbocycles. The van der Waals surface area contributed by atoms with Crippen LogP contribution in [0.2, 0.25) is 0 Å². The van der Waals surface area contributed by atoms with Crippen molar-refractivity contribution in [2.75, 3.05) is 0 Å². The Labute approximate surface area is 114 Å². The van der Waals surface area contributed by atoms with Crippen molar-refractivity contribution in [3.05, 3.63) is 41.4 Å². The molecule has 0 spiro atoms. The van der Waals surface area contributed by atoms with Crippen LogP contribution in [0.1, 0.15) is 37.1 Å². The van der Waals surface area contributed by atoms with Gasteiger partial charge in [-0.2, -0.15) is 5.26 Å². The molecule has 1 aromatic heterocycles. The standard InChI is InChI=1S/C13H12FN3OS/c1-8(2)13-17-16-12(18-13)7-19-11-4-3-9(6-15)5-10(11)14/h3-5,8H,7H2,1-2H3. The summed E-state index contributed by atoms with van der Waals surface area (Å²) < 4.78 is 19.1. The van der Waals surface area contributed by atoms with E-state index in [0.717, 1.165) is 0 Å². The van der Waals surface area contributed by atoms with E-state index < -0.39 is 5.82 Å². The molecule has 2 rings (SSSR count). The highest BCUT2D eigenvalue weighted by molar-refractivity contribution is 7.98. The Kier molecular flexibility index (Phi) is 4.17. The first-order valence-electron chi connectivity index (χ1n) is 5.75. The Bertz CT molecular complexity index is 619. The molecule has 0 atom stereocenters. The van der Waals surface area contributed by atoms with Crippen LogP contribution in [-0.4, -0.2) is 10.2 Å². The zero-order valence-corrected chi connectivity index (χ0v) is 11.4. The largest absolute Gasteiger partial charge is 0.424 e. The summed E-state index contributed by atoms with van der Waals surface area (Å²) in [6.07, 6.45) is 0. The molecule has 0 aliphatic heterocycles. The maximum absolute atomic E-state index is 13.6. The molecule has 0 saturated heterocycles. The average Bonchev–Trinajstić information content (AvgIpc) is 2.86. The van der Waals surface area contributed by atoms with E-state index in [1.807, 2.05) is 19.9 Å². The van der Waals surface area contributed by atoms with Gasteiger partial charge in [0.15, 0.2) is 0 Å². The predicted molar refractivity (Wildman–Crippen MR) is 69.1 cm³/mol. The van der Waals surface area contributed by atoms with Crippen LogP contribution in [0.4, 0.5) is 4.39 Å². The van der Waals surface area contributed by atoms with Gasteiger partial charge in [-0.05, 0) is 18.2 Å². The molecule has 0 aliphatic rings. The van der Waals surface area contributed by atoms with Crippen LogP contribution < -0.4 is 0 Å². The van der Waals surface area contributed by atoms with Crippen molar-refractivity contribution in [3.8, 4) is 6.07 Å². The van der Waals surface area contributed by atoms with Crippen LogP contribution in [-0.2, 0) is 5.75 Å². The molecule has 0 fully saturated rings. The number of benzene rings is 1. The Hall–Kier alpha value is -1.87. The molecule has 19 heavy (non-hydrogen) atoms. The zero-order valence-electron chi connectivity index (χ0n) is 10.6. The number of rotatable bonds is 4. The summed E-state index contributed by atoms with van der Waals surface area (Å²) in [5.74, 6) is 1.22. The second-order valence-electron chi connectivity index (χ2n) is 4.23. The number of aromatic nitrogens is 2. The summed E-state index contributed by atoms with van der Waals surface area (Å²) in [5, 5.41) is 16.5. The summed E-state index contributed by atoms with van der Waals surface area (Å²) in [4.78, 5) is 0.461. The maximum Gasteiger partial charge on any atom is 0.226 e. The molecule has 0 bridgehead atoms. The van der Waals surface area contributed by atoms with E-state index in [1.54, 1.807) is 12.1 Å². The van der Waals surface area contributed by atoms with E-state index >= 15 is 0 Å². The van der Waals surface area contributed by atoms with E-state index in [0.29, 0.717) is 28.0 Å². The van der Waals surface area contributed by atoms with Gasteiger partial charge in [0.25, 0.3) is 0 Å². The van der Waals surface area contributed by atoms with Gasteiger partial charge in [0.05, 0.1) is 17.4 Å². The number of halogens is 1. The topological polar surface area (TPSA) is 62.7 Å². The van der Waals surface area contributed by atoms with E-state index in [1.165, 1.54) is 17.8 Å². The van der Waals surface area contributed by atoms with Crippen molar-refractivity contribution in [1.29, 1.82) is 5.26 Å². The number of hydrogen-bond donors (Lipinski definition) is 0. The minimum absolute atomic E-state index is 0.179. The molecule has 0 aliphatic carbocycles. The number of hydrogen-bond acceptors (Lipinski definition) is 5. The minimum Gasteiger partial charge on any atom is -0.424 e. The van der Waals surface area contributed by atoms with Crippen LogP contribution in [0, 0.1) is 17.1 Å². The Balaban J connectivity index is 2.04. The molecule has 0 radical (unpaired) electrons. The molecule has 2 aromatic rings. The van der Waals surface area contributed by atoms with E-state index in [9.17, 15) is 4.39 Å². The molecular formula is C13H12FN3OS. The van der Waals surface area contributed by atoms with Crippen LogP contribution in [0.25, 0.3) is 0 Å². The van der Waals surface area contributed by atoms with Crippen molar-refractivity contribution < 1.29 is 8.81 Å². The van der Waals surface area contributed by atoms with Gasteiger partial charge >= 0.3 is 0 Å². The second-order valence-corrected chi connectivity index (χ2v) is 5.25. The van der Waals surface area contributed by atoms with E-state index in [2.05, 4.69) is 10.2 Å². The van der Waals surface area contributed by atoms with Crippen molar-refractivity contribution in [1.82, 2.24) is 10.2 Å². The molecule has 1 heterocycles. The average molecular weight is 277 g/mol. The van der Waals surface area contributed by atoms with Crippen molar-refractivity contribution in [3.63, 3.8) is 0 Å². The van der Waals surface area contributed by atoms with Crippen LogP contribution in [0.3, 0.4) is 0 Å². The highest BCUT2D eigenvalue weighted by Gasteiger charge is 2.11. The van der Waals surface area contributed by atoms with Crippen molar-refractivity contribution >= 4 is 11.8 Å². The first kappa shape index (κ1) is 13.6. The molecule has 4 nitrogen and oxygen atoms in total. The second kappa shape index (κ2) is 5.85. The number of thioether (sulfide) groups is 1. The van der Waals surface area contributed by atoms with Gasteiger partial charge < -0.3 is 4.42 Å². The fourth-order valence-electron chi connectivity index (χ4n) is 1.39. The molecule has 0 unspecified atom stereocenters. The van der Waals surface area contributed by atoms with Crippen LogP contribution in [0.5, 0.6) is 0 Å². The Morgan fingerprint density at radius 3 is 2.79 bits per heavy atom. The highest BCUT2D eigenvalue weighted by Crippen LogP contribution is 2.26. The molecular weight excluding hydrogens is 265 g/mol. The van der Waals surface area contributed by atoms with Gasteiger partial charge in [0.2, 0.25) is 11.8 Å². The van der Waals surface area contributed by atoms with Gasteiger partial charge in [-0.15, -0.1) is 22.0 Å². The number of nitriles is 1. The molecule has 0 N–H and O–H groups in total. The van der Waals surface area contributed by atoms with Gasteiger partial charge in [-0.3, -0.25) is 0 Å². The summed E-state index contributed by atoms with van der Waals surface area (Å²) in [7, 11) is 0. The lowest BCUT2D eigenvalue weighted by molar-refractivity contribution is 0.445. The van der Waals surface area contributed by atoms with E-state index in [4.69, 9.17) is 9.68 Å². The SMILES string of the molecule is CC(C)c1nnc(CSc2ccc(C#N)cc2F)o1. The van der Waals surface area contributed by atoms with Gasteiger partial charge in [-0.25, -0.2) is 4.39 Å². The summed E-state index contributed by atoms with van der Waals surface area (Å²) >= 11 is 1.26. The fraction of sp³-hybridized carbons (Fsp3) is 0.308. The van der Waals surface area contributed by atoms with Gasteiger partial charge in [0, 0.05) is 10.8 Å². The molecule has 6 heteroatoms. The summed E-state index contributed by atoms with van der Waals surface area (Å²) in [6, 6.07) is 6.28. The Morgan fingerprint density at radius 2 is 2.21 bits per heavy atom. The molecule has 0 saturated carbocycles. The third kappa shape index (κ3) is 3.32. The van der Waals surface area contributed by atoms with Crippen molar-refractivity contribution in [2.24, 2.45) is 0 Å². The smallest absolute Gasteiger partial charge is 0.226 e. The van der Waals surface area contributed by atoms with E-state index in [-0.39, 0.29) is 5.92 Å². The summed E-state index contributed by atoms with van der Waals surface area (Å²) in [6.45, 7) is 3.93. The zero-order chi connectivity index (χ0) is 13.8. The molecule has 0 amide bonds. The Morgan fingerprint density at radius 1 is 1.42 bits per heavy atom. The fourth-order valence-corrected chi connectivity index (χ4v) is 2.14. The van der Waals surface area contributed by atoms with Gasteiger partial charge in [0.1, 0.15) is 5.82 Å². The third-order valence-electron chi connectivity index (χ3n) is 2.39. The van der Waals surface area contributed by atoms with Crippen molar-refractivity contribution in [2.45, 2.75) is 30.4 Å². The lowest BCUT2D eigenvalue weighted by Crippen LogP contribution is -1.86. The first-order valence-corrected chi connectivity index (χ1v) is 6.73. The van der Waals surface area contributed by atoms with Crippen LogP contribution in [0.15, 0.2) is 27.5 Å². The normalized spacial score (nSPS) is 10.7.